The van der Waals surface area contributed by atoms with E-state index in [9.17, 15) is 14.4 Å². The van der Waals surface area contributed by atoms with Gasteiger partial charge in [-0.1, -0.05) is 66.7 Å². The lowest BCUT2D eigenvalue weighted by Gasteiger charge is -2.24. The van der Waals surface area contributed by atoms with Crippen LogP contribution in [0.15, 0.2) is 78.9 Å². The first-order chi connectivity index (χ1) is 14.6. The van der Waals surface area contributed by atoms with Crippen molar-refractivity contribution in [3.63, 3.8) is 0 Å². The second-order valence-electron chi connectivity index (χ2n) is 7.15. The summed E-state index contributed by atoms with van der Waals surface area (Å²) in [4.78, 5) is 37.0. The van der Waals surface area contributed by atoms with Gasteiger partial charge in [-0.3, -0.25) is 14.4 Å². The van der Waals surface area contributed by atoms with E-state index in [0.717, 1.165) is 22.3 Å². The van der Waals surface area contributed by atoms with Crippen LogP contribution >= 0.6 is 0 Å². The first-order valence-corrected chi connectivity index (χ1v) is 9.66. The van der Waals surface area contributed by atoms with Gasteiger partial charge in [0, 0.05) is 11.5 Å². The molecule has 4 rings (SSSR count). The number of carbonyl (C=O) groups excluding carboxylic acids is 3. The Morgan fingerprint density at radius 1 is 0.800 bits per heavy atom. The summed E-state index contributed by atoms with van der Waals surface area (Å²) in [5.74, 6) is -1.86. The van der Waals surface area contributed by atoms with E-state index < -0.39 is 17.9 Å². The zero-order valence-corrected chi connectivity index (χ0v) is 16.2. The molecule has 0 spiro atoms. The normalized spacial score (nSPS) is 13.1. The highest BCUT2D eigenvalue weighted by molar-refractivity contribution is 5.97. The largest absolute Gasteiger partial charge is 0.368 e. The molecule has 0 unspecified atom stereocenters. The minimum absolute atomic E-state index is 0.256. The predicted octanol–water partition coefficient (Wildman–Crippen LogP) is 2.20. The highest BCUT2D eigenvalue weighted by atomic mass is 16.2. The molecule has 0 saturated heterocycles. The van der Waals surface area contributed by atoms with E-state index in [-0.39, 0.29) is 18.4 Å². The monoisotopic (exact) mass is 399 g/mol. The second kappa shape index (κ2) is 8.21. The molecule has 1 aliphatic rings. The molecule has 0 aromatic heterocycles. The number of hydrogen-bond acceptors (Lipinski definition) is 3. The Balaban J connectivity index is 1.53. The summed E-state index contributed by atoms with van der Waals surface area (Å²) in [6.45, 7) is -0.256. The van der Waals surface area contributed by atoms with Gasteiger partial charge in [0.1, 0.15) is 6.04 Å². The molecule has 30 heavy (non-hydrogen) atoms. The van der Waals surface area contributed by atoms with Gasteiger partial charge in [0.05, 0.1) is 6.54 Å². The molecule has 3 amide bonds. The maximum atomic E-state index is 12.5. The number of carbonyl (C=O) groups is 3. The van der Waals surface area contributed by atoms with Crippen molar-refractivity contribution in [2.75, 3.05) is 6.54 Å². The highest BCUT2D eigenvalue weighted by Crippen LogP contribution is 2.46. The molecule has 0 heterocycles. The van der Waals surface area contributed by atoms with Crippen LogP contribution in [0.25, 0.3) is 11.1 Å². The molecular formula is C24H21N3O3. The third-order valence-corrected chi connectivity index (χ3v) is 5.28. The summed E-state index contributed by atoms with van der Waals surface area (Å²) in [7, 11) is 0. The Kier molecular flexibility index (Phi) is 5.30. The summed E-state index contributed by atoms with van der Waals surface area (Å²) < 4.78 is 0. The van der Waals surface area contributed by atoms with Gasteiger partial charge in [0.15, 0.2) is 0 Å². The van der Waals surface area contributed by atoms with E-state index in [1.54, 1.807) is 30.3 Å². The van der Waals surface area contributed by atoms with E-state index in [0.29, 0.717) is 5.56 Å². The van der Waals surface area contributed by atoms with Gasteiger partial charge in [-0.25, -0.2) is 0 Å². The van der Waals surface area contributed by atoms with E-state index in [1.807, 2.05) is 48.5 Å². The van der Waals surface area contributed by atoms with Crippen molar-refractivity contribution < 1.29 is 14.4 Å². The maximum Gasteiger partial charge on any atom is 0.251 e. The van der Waals surface area contributed by atoms with Crippen LogP contribution < -0.4 is 16.4 Å². The number of amides is 3. The van der Waals surface area contributed by atoms with Crippen molar-refractivity contribution in [1.29, 1.82) is 0 Å². The summed E-state index contributed by atoms with van der Waals surface area (Å²) in [5.41, 5.74) is 10.1. The highest BCUT2D eigenvalue weighted by Gasteiger charge is 2.37. The van der Waals surface area contributed by atoms with Crippen LogP contribution in [0.4, 0.5) is 0 Å². The van der Waals surface area contributed by atoms with Crippen molar-refractivity contribution >= 4 is 17.7 Å². The number of nitrogens with two attached hydrogens (primary N) is 1. The lowest BCUT2D eigenvalue weighted by molar-refractivity contribution is -0.127. The number of benzene rings is 3. The molecule has 4 N–H and O–H groups in total. The fourth-order valence-corrected chi connectivity index (χ4v) is 3.95. The van der Waals surface area contributed by atoms with Crippen LogP contribution in [0.1, 0.15) is 27.4 Å². The Bertz CT molecular complexity index is 1070. The van der Waals surface area contributed by atoms with Crippen LogP contribution in [-0.4, -0.2) is 30.3 Å². The zero-order valence-electron chi connectivity index (χ0n) is 16.2. The van der Waals surface area contributed by atoms with Crippen molar-refractivity contribution in [2.24, 2.45) is 5.73 Å². The number of nitrogens with one attached hydrogen (secondary N) is 2. The van der Waals surface area contributed by atoms with Crippen LogP contribution in [0.5, 0.6) is 0 Å². The fraction of sp³-hybridized carbons (Fsp3) is 0.125. The van der Waals surface area contributed by atoms with Gasteiger partial charge < -0.3 is 16.4 Å². The molecular weight excluding hydrogens is 378 g/mol. The minimum Gasteiger partial charge on any atom is -0.368 e. The Morgan fingerprint density at radius 3 is 1.90 bits per heavy atom. The third-order valence-electron chi connectivity index (χ3n) is 5.28. The smallest absolute Gasteiger partial charge is 0.251 e. The maximum absolute atomic E-state index is 12.5. The number of fused-ring (bicyclic) bond motifs is 3. The lowest BCUT2D eigenvalue weighted by Crippen LogP contribution is -2.50. The molecule has 0 radical (unpaired) electrons. The first kappa shape index (κ1) is 19.4. The molecule has 1 atom stereocenters. The molecule has 150 valence electrons. The number of rotatable bonds is 6. The second-order valence-corrected chi connectivity index (χ2v) is 7.15. The van der Waals surface area contributed by atoms with Gasteiger partial charge in [0.25, 0.3) is 5.91 Å². The average molecular weight is 399 g/mol. The van der Waals surface area contributed by atoms with Crippen molar-refractivity contribution in [2.45, 2.75) is 12.0 Å². The summed E-state index contributed by atoms with van der Waals surface area (Å²) in [5, 5.41) is 5.29. The summed E-state index contributed by atoms with van der Waals surface area (Å²) in [6, 6.07) is 23.2. The third kappa shape index (κ3) is 3.67. The SMILES string of the molecule is NC(=O)[C@@H](NC(=O)CNC(=O)c1ccccc1)C1c2ccccc2-c2ccccc21. The summed E-state index contributed by atoms with van der Waals surface area (Å²) >= 11 is 0. The molecule has 0 bridgehead atoms. The topological polar surface area (TPSA) is 101 Å². The molecule has 1 aliphatic carbocycles. The molecule has 3 aromatic carbocycles. The molecule has 0 fully saturated rings. The van der Waals surface area contributed by atoms with Crippen LogP contribution in [0.2, 0.25) is 0 Å². The van der Waals surface area contributed by atoms with Crippen LogP contribution in [0, 0.1) is 0 Å². The zero-order chi connectivity index (χ0) is 21.1. The summed E-state index contributed by atoms with van der Waals surface area (Å²) in [6.07, 6.45) is 0. The van der Waals surface area contributed by atoms with Crippen molar-refractivity contribution in [3.8, 4) is 11.1 Å². The Morgan fingerprint density at radius 2 is 1.33 bits per heavy atom. The lowest BCUT2D eigenvalue weighted by atomic mass is 9.89. The molecule has 6 nitrogen and oxygen atoms in total. The van der Waals surface area contributed by atoms with Gasteiger partial charge in [-0.05, 0) is 34.4 Å². The van der Waals surface area contributed by atoms with E-state index in [4.69, 9.17) is 5.73 Å². The van der Waals surface area contributed by atoms with Gasteiger partial charge in [-0.2, -0.15) is 0 Å². The molecule has 0 saturated carbocycles. The van der Waals surface area contributed by atoms with Crippen molar-refractivity contribution in [1.82, 2.24) is 10.6 Å². The molecule has 0 aliphatic heterocycles. The Hall–Kier alpha value is -3.93. The number of hydrogen-bond donors (Lipinski definition) is 3. The predicted molar refractivity (Wildman–Crippen MR) is 114 cm³/mol. The fourth-order valence-electron chi connectivity index (χ4n) is 3.95. The number of primary amides is 1. The van der Waals surface area contributed by atoms with Crippen LogP contribution in [-0.2, 0) is 9.59 Å². The van der Waals surface area contributed by atoms with Crippen molar-refractivity contribution in [3.05, 3.63) is 95.6 Å². The minimum atomic E-state index is -0.934. The quantitative estimate of drug-likeness (QED) is 0.592. The van der Waals surface area contributed by atoms with Crippen LogP contribution in [0.3, 0.4) is 0 Å². The van der Waals surface area contributed by atoms with Gasteiger partial charge in [0.2, 0.25) is 11.8 Å². The van der Waals surface area contributed by atoms with E-state index in [1.165, 1.54) is 0 Å². The van der Waals surface area contributed by atoms with E-state index >= 15 is 0 Å². The molecule has 3 aromatic rings. The molecule has 6 heteroatoms. The average Bonchev–Trinajstić information content (AvgIpc) is 3.10. The van der Waals surface area contributed by atoms with Gasteiger partial charge in [-0.15, -0.1) is 0 Å². The Labute approximate surface area is 174 Å². The van der Waals surface area contributed by atoms with Gasteiger partial charge >= 0.3 is 0 Å². The first-order valence-electron chi connectivity index (χ1n) is 9.66. The van der Waals surface area contributed by atoms with E-state index in [2.05, 4.69) is 10.6 Å². The standard InChI is InChI=1S/C24H21N3O3/c25-23(29)22(27-20(28)14-26-24(30)15-8-2-1-3-9-15)21-18-12-6-4-10-16(18)17-11-5-7-13-19(17)21/h1-13,21-22H,14H2,(H2,25,29)(H,26,30)(H,27,28)/t22-/m0/s1.